The first kappa shape index (κ1) is 6.57. The molecule has 0 aromatic heterocycles. The van der Waals surface area contributed by atoms with Crippen molar-refractivity contribution in [1.29, 1.82) is 0 Å². The summed E-state index contributed by atoms with van der Waals surface area (Å²) in [5, 5.41) is 0. The van der Waals surface area contributed by atoms with E-state index in [1.165, 1.54) is 4.31 Å². The zero-order valence-electron chi connectivity index (χ0n) is 5.65. The maximum absolute atomic E-state index is 10.9. The van der Waals surface area contributed by atoms with Crippen LogP contribution in [0.4, 0.5) is 0 Å². The molecule has 4 nitrogen and oxygen atoms in total. The van der Waals surface area contributed by atoms with E-state index in [2.05, 4.69) is 4.18 Å². The van der Waals surface area contributed by atoms with E-state index in [0.717, 1.165) is 6.42 Å². The molecule has 2 heterocycles. The fourth-order valence-electron chi connectivity index (χ4n) is 1.46. The highest BCUT2D eigenvalue weighted by Crippen LogP contribution is 2.38. The van der Waals surface area contributed by atoms with Gasteiger partial charge in [-0.2, -0.15) is 12.7 Å². The summed E-state index contributed by atoms with van der Waals surface area (Å²) >= 11 is 0. The smallest absolute Gasteiger partial charge is 0.258 e. The van der Waals surface area contributed by atoms with E-state index in [0.29, 0.717) is 6.61 Å². The van der Waals surface area contributed by atoms with Crippen molar-refractivity contribution < 1.29 is 12.6 Å². The van der Waals surface area contributed by atoms with Crippen molar-refractivity contribution in [2.24, 2.45) is 0 Å². The fourth-order valence-corrected chi connectivity index (χ4v) is 2.99. The summed E-state index contributed by atoms with van der Waals surface area (Å²) < 4.78 is 27.9. The molecule has 0 aliphatic carbocycles. The fraction of sp³-hybridized carbons (Fsp3) is 1.00. The van der Waals surface area contributed by atoms with Gasteiger partial charge >= 0.3 is 10.3 Å². The van der Waals surface area contributed by atoms with Crippen molar-refractivity contribution in [3.63, 3.8) is 0 Å². The van der Waals surface area contributed by atoms with E-state index in [9.17, 15) is 8.42 Å². The largest absolute Gasteiger partial charge is 0.339 e. The van der Waals surface area contributed by atoms with E-state index < -0.39 is 10.3 Å². The summed E-state index contributed by atoms with van der Waals surface area (Å²) in [7, 11) is -3.30. The van der Waals surface area contributed by atoms with Crippen LogP contribution in [0.5, 0.6) is 0 Å². The normalized spacial score (nSPS) is 49.9. The minimum absolute atomic E-state index is 0.174. The molecule has 0 radical (unpaired) electrons. The van der Waals surface area contributed by atoms with E-state index in [-0.39, 0.29) is 12.1 Å². The minimum atomic E-state index is -3.30. The molecule has 2 saturated heterocycles. The van der Waals surface area contributed by atoms with E-state index >= 15 is 0 Å². The Kier molecular flexibility index (Phi) is 1.13. The summed E-state index contributed by atoms with van der Waals surface area (Å²) in [6.07, 6.45) is 0.848. The van der Waals surface area contributed by atoms with Gasteiger partial charge in [-0.3, -0.25) is 4.18 Å². The third-order valence-electron chi connectivity index (χ3n) is 2.10. The Labute approximate surface area is 60.0 Å². The Balaban J connectivity index is 2.28. The van der Waals surface area contributed by atoms with Gasteiger partial charge in [0, 0.05) is 12.1 Å². The maximum Gasteiger partial charge on any atom is 0.339 e. The topological polar surface area (TPSA) is 46.4 Å². The summed E-state index contributed by atoms with van der Waals surface area (Å²) in [4.78, 5) is 0. The third-order valence-corrected chi connectivity index (χ3v) is 3.68. The average molecular weight is 163 g/mol. The predicted molar refractivity (Wildman–Crippen MR) is 34.6 cm³/mol. The number of fused-ring (bicyclic) bond motifs is 1. The molecule has 1 unspecified atom stereocenters. The highest BCUT2D eigenvalue weighted by atomic mass is 32.2. The first-order valence-electron chi connectivity index (χ1n) is 3.31. The monoisotopic (exact) mass is 163 g/mol. The molecule has 0 N–H and O–H groups in total. The molecule has 0 aromatic rings. The van der Waals surface area contributed by atoms with Crippen LogP contribution in [-0.4, -0.2) is 31.4 Å². The Hall–Kier alpha value is -0.130. The Morgan fingerprint density at radius 2 is 2.30 bits per heavy atom. The van der Waals surface area contributed by atoms with E-state index in [1.807, 2.05) is 6.92 Å². The van der Waals surface area contributed by atoms with Crippen molar-refractivity contribution >= 4 is 10.3 Å². The average Bonchev–Trinajstić information content (AvgIpc) is 2.43. The van der Waals surface area contributed by atoms with Crippen molar-refractivity contribution in [2.75, 3.05) is 6.61 Å². The SMILES string of the molecule is C[C@H]1[C@@H]2CCOS(=O)(=O)N12. The van der Waals surface area contributed by atoms with Crippen LogP contribution < -0.4 is 0 Å². The van der Waals surface area contributed by atoms with Gasteiger partial charge in [0.25, 0.3) is 0 Å². The molecular formula is C5H9NO3S. The standard InChI is InChI=1S/C5H9NO3S/c1-4-5-2-3-9-10(7,8)6(4)5/h4-5H,2-3H2,1H3/t4-,5-,6?/m0/s1. The molecule has 0 amide bonds. The van der Waals surface area contributed by atoms with Crippen LogP contribution in [0.25, 0.3) is 0 Å². The lowest BCUT2D eigenvalue weighted by molar-refractivity contribution is 0.265. The Bertz CT molecular complexity index is 248. The van der Waals surface area contributed by atoms with Crippen LogP contribution in [0, 0.1) is 0 Å². The molecule has 0 aromatic carbocycles. The first-order chi connectivity index (χ1) is 4.63. The molecule has 58 valence electrons. The van der Waals surface area contributed by atoms with Gasteiger partial charge in [0.1, 0.15) is 0 Å². The molecular weight excluding hydrogens is 154 g/mol. The number of rotatable bonds is 0. The van der Waals surface area contributed by atoms with Crippen molar-refractivity contribution in [1.82, 2.24) is 4.31 Å². The molecule has 3 atom stereocenters. The summed E-state index contributed by atoms with van der Waals surface area (Å²) in [6, 6.07) is 0.409. The Morgan fingerprint density at radius 3 is 2.80 bits per heavy atom. The highest BCUT2D eigenvalue weighted by molar-refractivity contribution is 7.84. The lowest BCUT2D eigenvalue weighted by Gasteiger charge is -2.10. The lowest BCUT2D eigenvalue weighted by Crippen LogP contribution is -2.24. The van der Waals surface area contributed by atoms with Gasteiger partial charge in [0.15, 0.2) is 0 Å². The van der Waals surface area contributed by atoms with E-state index in [4.69, 9.17) is 0 Å². The van der Waals surface area contributed by atoms with Gasteiger partial charge in [0.2, 0.25) is 0 Å². The Morgan fingerprint density at radius 1 is 1.60 bits per heavy atom. The first-order valence-corrected chi connectivity index (χ1v) is 4.67. The van der Waals surface area contributed by atoms with Crippen molar-refractivity contribution in [3.05, 3.63) is 0 Å². The highest BCUT2D eigenvalue weighted by Gasteiger charge is 2.55. The van der Waals surface area contributed by atoms with Gasteiger partial charge in [0.05, 0.1) is 6.61 Å². The molecule has 5 heteroatoms. The van der Waals surface area contributed by atoms with Crippen LogP contribution in [-0.2, 0) is 14.5 Å². The molecule has 2 rings (SSSR count). The lowest BCUT2D eigenvalue weighted by atomic mass is 10.3. The summed E-state index contributed by atoms with van der Waals surface area (Å²) in [5.74, 6) is 0. The quantitative estimate of drug-likeness (QED) is 0.461. The van der Waals surface area contributed by atoms with Crippen LogP contribution in [0.15, 0.2) is 0 Å². The van der Waals surface area contributed by atoms with Crippen molar-refractivity contribution in [2.45, 2.75) is 25.4 Å². The second-order valence-corrected chi connectivity index (χ2v) is 4.22. The van der Waals surface area contributed by atoms with E-state index in [1.54, 1.807) is 0 Å². The molecule has 2 aliphatic heterocycles. The van der Waals surface area contributed by atoms with Gasteiger partial charge in [-0.15, -0.1) is 0 Å². The second kappa shape index (κ2) is 1.72. The molecule has 2 aliphatic rings. The van der Waals surface area contributed by atoms with Crippen LogP contribution in [0.2, 0.25) is 0 Å². The van der Waals surface area contributed by atoms with Gasteiger partial charge in [-0.1, -0.05) is 0 Å². The van der Waals surface area contributed by atoms with Crippen LogP contribution in [0.1, 0.15) is 13.3 Å². The molecule has 2 fully saturated rings. The van der Waals surface area contributed by atoms with Crippen LogP contribution in [0.3, 0.4) is 0 Å². The second-order valence-electron chi connectivity index (χ2n) is 2.71. The molecule has 0 saturated carbocycles. The third kappa shape index (κ3) is 0.710. The predicted octanol–water partition coefficient (Wildman–Crippen LogP) is -0.276. The number of hydrogen-bond acceptors (Lipinski definition) is 3. The number of hydrogen-bond donors (Lipinski definition) is 0. The summed E-state index contributed by atoms with van der Waals surface area (Å²) in [6.45, 7) is 2.25. The number of nitrogens with zero attached hydrogens (tertiary/aromatic N) is 1. The van der Waals surface area contributed by atoms with Gasteiger partial charge in [-0.25, -0.2) is 0 Å². The van der Waals surface area contributed by atoms with Crippen molar-refractivity contribution in [3.8, 4) is 0 Å². The van der Waals surface area contributed by atoms with Gasteiger partial charge in [-0.05, 0) is 13.3 Å². The molecule has 0 bridgehead atoms. The molecule has 10 heavy (non-hydrogen) atoms. The maximum atomic E-state index is 10.9. The summed E-state index contributed by atoms with van der Waals surface area (Å²) in [5.41, 5.74) is 0. The van der Waals surface area contributed by atoms with Crippen LogP contribution >= 0.6 is 0 Å². The zero-order valence-corrected chi connectivity index (χ0v) is 6.47. The van der Waals surface area contributed by atoms with Gasteiger partial charge < -0.3 is 0 Å². The minimum Gasteiger partial charge on any atom is -0.258 e. The molecule has 0 spiro atoms. The zero-order chi connectivity index (χ0) is 7.35.